The molecule has 2 N–H and O–H groups in total. The van der Waals surface area contributed by atoms with Gasteiger partial charge in [0.2, 0.25) is 0 Å². The molecule has 2 saturated heterocycles. The van der Waals surface area contributed by atoms with Crippen molar-refractivity contribution in [3.05, 3.63) is 47.9 Å². The Bertz CT molecular complexity index is 876. The zero-order chi connectivity index (χ0) is 19.2. The average Bonchev–Trinajstić information content (AvgIpc) is 3.27. The molecule has 142 valence electrons. The molecule has 1 aromatic carbocycles. The number of amides is 1. The molecule has 27 heavy (non-hydrogen) atoms. The molecule has 0 saturated carbocycles. The molecule has 2 atom stereocenters. The lowest BCUT2D eigenvalue weighted by molar-refractivity contribution is -0.137. The van der Waals surface area contributed by atoms with Crippen molar-refractivity contribution in [2.24, 2.45) is 0 Å². The van der Waals surface area contributed by atoms with E-state index in [0.29, 0.717) is 24.6 Å². The third kappa shape index (κ3) is 3.05. The van der Waals surface area contributed by atoms with Gasteiger partial charge in [-0.15, -0.1) is 0 Å². The van der Waals surface area contributed by atoms with Gasteiger partial charge in [-0.3, -0.25) is 10.0 Å². The van der Waals surface area contributed by atoms with E-state index in [1.165, 1.54) is 24.7 Å². The second kappa shape index (κ2) is 6.38. The van der Waals surface area contributed by atoms with Gasteiger partial charge in [-0.05, 0) is 24.6 Å². The predicted octanol–water partition coefficient (Wildman–Crippen LogP) is 2.08. The fraction of sp³-hybridized carbons (Fsp3) is 0.353. The van der Waals surface area contributed by atoms with E-state index in [1.54, 1.807) is 11.5 Å². The number of benzene rings is 1. The van der Waals surface area contributed by atoms with E-state index in [4.69, 9.17) is 5.21 Å². The minimum Gasteiger partial charge on any atom is -0.365 e. The molecule has 3 heterocycles. The van der Waals surface area contributed by atoms with Gasteiger partial charge >= 0.3 is 6.18 Å². The number of hydroxylamine groups is 1. The van der Waals surface area contributed by atoms with Crippen LogP contribution >= 0.6 is 0 Å². The summed E-state index contributed by atoms with van der Waals surface area (Å²) in [4.78, 5) is 23.7. The molecule has 1 amide bonds. The summed E-state index contributed by atoms with van der Waals surface area (Å²) < 4.78 is 38.9. The number of hydrogen-bond acceptors (Lipinski definition) is 6. The van der Waals surface area contributed by atoms with E-state index < -0.39 is 17.6 Å². The third-order valence-electron chi connectivity index (χ3n) is 5.06. The second-order valence-electron chi connectivity index (χ2n) is 6.60. The van der Waals surface area contributed by atoms with Gasteiger partial charge in [0.15, 0.2) is 0 Å². The smallest absolute Gasteiger partial charge is 0.365 e. The van der Waals surface area contributed by atoms with Crippen molar-refractivity contribution in [2.45, 2.75) is 24.7 Å². The number of alkyl halides is 3. The van der Waals surface area contributed by atoms with E-state index in [9.17, 15) is 18.0 Å². The van der Waals surface area contributed by atoms with E-state index in [-0.39, 0.29) is 17.6 Å². The number of fused-ring (bicyclic) bond motifs is 2. The van der Waals surface area contributed by atoms with Gasteiger partial charge in [0.1, 0.15) is 17.7 Å². The highest BCUT2D eigenvalue weighted by Gasteiger charge is 2.45. The molecular formula is C17H16F3N5O2. The number of carbonyl (C=O) groups excluding carboxylic acids is 1. The van der Waals surface area contributed by atoms with Crippen LogP contribution in [0.15, 0.2) is 36.8 Å². The predicted molar refractivity (Wildman–Crippen MR) is 89.6 cm³/mol. The van der Waals surface area contributed by atoms with Crippen LogP contribution in [-0.4, -0.2) is 46.3 Å². The van der Waals surface area contributed by atoms with Crippen LogP contribution in [0.2, 0.25) is 0 Å². The molecular weight excluding hydrogens is 363 g/mol. The number of hydrogen-bond donors (Lipinski definition) is 2. The van der Waals surface area contributed by atoms with Gasteiger partial charge < -0.3 is 9.80 Å². The Morgan fingerprint density at radius 1 is 1.22 bits per heavy atom. The first-order valence-electron chi connectivity index (χ1n) is 8.33. The molecule has 10 heteroatoms. The molecule has 0 aliphatic carbocycles. The summed E-state index contributed by atoms with van der Waals surface area (Å²) in [5.74, 6) is -0.296. The van der Waals surface area contributed by atoms with Gasteiger partial charge in [-0.1, -0.05) is 6.07 Å². The van der Waals surface area contributed by atoms with Gasteiger partial charge in [0.05, 0.1) is 11.6 Å². The number of halogens is 3. The highest BCUT2D eigenvalue weighted by atomic mass is 19.4. The van der Waals surface area contributed by atoms with Crippen LogP contribution in [0.3, 0.4) is 0 Å². The molecule has 0 spiro atoms. The van der Waals surface area contributed by atoms with Crippen LogP contribution in [0.4, 0.5) is 24.7 Å². The van der Waals surface area contributed by atoms with Crippen molar-refractivity contribution < 1.29 is 23.2 Å². The second-order valence-corrected chi connectivity index (χ2v) is 6.60. The van der Waals surface area contributed by atoms with Crippen molar-refractivity contribution in [2.75, 3.05) is 22.9 Å². The van der Waals surface area contributed by atoms with E-state index >= 15 is 0 Å². The minimum atomic E-state index is -4.38. The van der Waals surface area contributed by atoms with Crippen molar-refractivity contribution in [3.8, 4) is 0 Å². The monoisotopic (exact) mass is 379 g/mol. The van der Waals surface area contributed by atoms with Crippen molar-refractivity contribution >= 4 is 17.4 Å². The van der Waals surface area contributed by atoms with Crippen LogP contribution in [0.25, 0.3) is 0 Å². The fourth-order valence-corrected chi connectivity index (χ4v) is 3.88. The Kier molecular flexibility index (Phi) is 4.14. The van der Waals surface area contributed by atoms with Crippen molar-refractivity contribution in [3.63, 3.8) is 0 Å². The average molecular weight is 379 g/mol. The maximum atomic E-state index is 13.0. The van der Waals surface area contributed by atoms with Crippen molar-refractivity contribution in [1.82, 2.24) is 15.4 Å². The lowest BCUT2D eigenvalue weighted by Gasteiger charge is -2.36. The van der Waals surface area contributed by atoms with Crippen LogP contribution in [0.5, 0.6) is 0 Å². The largest absolute Gasteiger partial charge is 0.416 e. The number of carbonyl (C=O) groups is 1. The Balaban J connectivity index is 1.57. The van der Waals surface area contributed by atoms with Gasteiger partial charge in [-0.25, -0.2) is 15.4 Å². The standard InChI is InChI=1S/C17H16F3N5O2/c18-17(19,20)10-2-1-3-11(4-10)24-7-13-5-12(24)8-25(13)15-14(16(26)23-27)6-21-9-22-15/h1-4,6,9,12-13,27H,5,7-8H2,(H,23,26)/t12-,13-/m0/s1. The topological polar surface area (TPSA) is 81.6 Å². The lowest BCUT2D eigenvalue weighted by Crippen LogP contribution is -2.47. The minimum absolute atomic E-state index is 0.00434. The summed E-state index contributed by atoms with van der Waals surface area (Å²) in [6.45, 7) is 1.04. The highest BCUT2D eigenvalue weighted by molar-refractivity contribution is 5.98. The Morgan fingerprint density at radius 2 is 1.96 bits per heavy atom. The van der Waals surface area contributed by atoms with Gasteiger partial charge in [0, 0.05) is 31.0 Å². The Labute approximate surface area is 152 Å². The lowest BCUT2D eigenvalue weighted by atomic mass is 10.1. The summed E-state index contributed by atoms with van der Waals surface area (Å²) in [6.07, 6.45) is -0.987. The van der Waals surface area contributed by atoms with E-state index in [0.717, 1.165) is 12.5 Å². The number of piperazine rings is 1. The maximum absolute atomic E-state index is 13.0. The Morgan fingerprint density at radius 3 is 2.63 bits per heavy atom. The highest BCUT2D eigenvalue weighted by Crippen LogP contribution is 2.39. The molecule has 4 rings (SSSR count). The summed E-state index contributed by atoms with van der Waals surface area (Å²) in [7, 11) is 0. The zero-order valence-electron chi connectivity index (χ0n) is 14.0. The van der Waals surface area contributed by atoms with Crippen LogP contribution in [0, 0.1) is 0 Å². The number of nitrogens with zero attached hydrogens (tertiary/aromatic N) is 4. The first-order valence-corrected chi connectivity index (χ1v) is 8.33. The molecule has 2 aromatic rings. The quantitative estimate of drug-likeness (QED) is 0.628. The van der Waals surface area contributed by atoms with Crippen LogP contribution in [-0.2, 0) is 6.18 Å². The normalized spacial score (nSPS) is 21.6. The first kappa shape index (κ1) is 17.5. The van der Waals surface area contributed by atoms with Gasteiger partial charge in [0.25, 0.3) is 5.91 Å². The number of anilines is 2. The molecule has 2 fully saturated rings. The SMILES string of the molecule is O=C(NO)c1cncnc1N1C[C@@H]2C[C@H]1CN2c1cccc(C(F)(F)F)c1. The molecule has 2 bridgehead atoms. The Hall–Kier alpha value is -2.88. The zero-order valence-corrected chi connectivity index (χ0v) is 14.0. The number of nitrogens with one attached hydrogen (secondary N) is 1. The number of aromatic nitrogens is 2. The molecule has 2 aliphatic rings. The molecule has 0 unspecified atom stereocenters. The van der Waals surface area contributed by atoms with Gasteiger partial charge in [-0.2, -0.15) is 13.2 Å². The molecule has 0 radical (unpaired) electrons. The fourth-order valence-electron chi connectivity index (χ4n) is 3.88. The number of rotatable bonds is 3. The maximum Gasteiger partial charge on any atom is 0.416 e. The molecule has 1 aromatic heterocycles. The van der Waals surface area contributed by atoms with E-state index in [2.05, 4.69) is 9.97 Å². The summed E-state index contributed by atoms with van der Waals surface area (Å²) >= 11 is 0. The van der Waals surface area contributed by atoms with Crippen LogP contribution < -0.4 is 15.3 Å². The van der Waals surface area contributed by atoms with E-state index in [1.807, 2.05) is 9.80 Å². The molecule has 7 nitrogen and oxygen atoms in total. The third-order valence-corrected chi connectivity index (χ3v) is 5.06. The summed E-state index contributed by atoms with van der Waals surface area (Å²) in [5.41, 5.74) is 1.60. The van der Waals surface area contributed by atoms with Crippen LogP contribution in [0.1, 0.15) is 22.3 Å². The summed E-state index contributed by atoms with van der Waals surface area (Å²) in [6, 6.07) is 5.33. The summed E-state index contributed by atoms with van der Waals surface area (Å²) in [5, 5.41) is 8.90. The molecule has 2 aliphatic heterocycles. The van der Waals surface area contributed by atoms with Crippen molar-refractivity contribution in [1.29, 1.82) is 0 Å². The first-order chi connectivity index (χ1) is 12.9.